The minimum absolute atomic E-state index is 0.0246. The van der Waals surface area contributed by atoms with E-state index in [0.29, 0.717) is 6.07 Å². The Morgan fingerprint density at radius 2 is 1.55 bits per heavy atom. The standard InChI is InChI=1S/C14H14O7S/c1-3-5-8-9(6-4-2)12(14(17)18)11(22(19,20)21)7-10(8)13(15)16/h3-4,7H,1-2,5-6H2,(H,15,16)(H,17,18)(H,19,20,21). The normalized spacial score (nSPS) is 11.0. The minimum atomic E-state index is -4.91. The lowest BCUT2D eigenvalue weighted by molar-refractivity contribution is 0.0675. The third-order valence-electron chi connectivity index (χ3n) is 2.93. The minimum Gasteiger partial charge on any atom is -0.478 e. The molecule has 0 saturated carbocycles. The first-order valence-corrected chi connectivity index (χ1v) is 7.43. The van der Waals surface area contributed by atoms with Gasteiger partial charge in [-0.15, -0.1) is 13.2 Å². The molecule has 0 aliphatic carbocycles. The van der Waals surface area contributed by atoms with Crippen LogP contribution in [0.3, 0.4) is 0 Å². The van der Waals surface area contributed by atoms with E-state index in [4.69, 9.17) is 0 Å². The summed E-state index contributed by atoms with van der Waals surface area (Å²) < 4.78 is 32.0. The molecule has 0 aromatic heterocycles. The van der Waals surface area contributed by atoms with Gasteiger partial charge in [0, 0.05) is 0 Å². The van der Waals surface area contributed by atoms with Gasteiger partial charge in [0.1, 0.15) is 4.90 Å². The van der Waals surface area contributed by atoms with E-state index >= 15 is 0 Å². The third kappa shape index (κ3) is 3.41. The second-order valence-corrected chi connectivity index (χ2v) is 5.72. The number of aromatic carboxylic acids is 2. The number of allylic oxidation sites excluding steroid dienone is 2. The molecule has 0 atom stereocenters. The number of hydrogen-bond acceptors (Lipinski definition) is 4. The van der Waals surface area contributed by atoms with Crippen molar-refractivity contribution >= 4 is 22.1 Å². The van der Waals surface area contributed by atoms with Crippen LogP contribution in [0.4, 0.5) is 0 Å². The molecule has 1 aromatic carbocycles. The second-order valence-electron chi connectivity index (χ2n) is 4.33. The topological polar surface area (TPSA) is 129 Å². The van der Waals surface area contributed by atoms with Crippen molar-refractivity contribution in [2.45, 2.75) is 17.7 Å². The van der Waals surface area contributed by atoms with Crippen LogP contribution in [0.5, 0.6) is 0 Å². The summed E-state index contributed by atoms with van der Waals surface area (Å²) in [4.78, 5) is 21.8. The molecule has 1 aromatic rings. The molecule has 0 amide bonds. The van der Waals surface area contributed by atoms with Gasteiger partial charge in [-0.3, -0.25) is 4.55 Å². The summed E-state index contributed by atoms with van der Waals surface area (Å²) in [6.07, 6.45) is 2.63. The predicted octanol–water partition coefficient (Wildman–Crippen LogP) is 1.79. The van der Waals surface area contributed by atoms with Gasteiger partial charge in [-0.2, -0.15) is 8.42 Å². The van der Waals surface area contributed by atoms with Crippen molar-refractivity contribution in [3.63, 3.8) is 0 Å². The van der Waals surface area contributed by atoms with Crippen LogP contribution in [-0.2, 0) is 23.0 Å². The monoisotopic (exact) mass is 326 g/mol. The summed E-state index contributed by atoms with van der Waals surface area (Å²) >= 11 is 0. The fourth-order valence-corrected chi connectivity index (χ4v) is 2.86. The average molecular weight is 326 g/mol. The first kappa shape index (κ1) is 17.6. The highest BCUT2D eigenvalue weighted by atomic mass is 32.2. The molecule has 0 spiro atoms. The van der Waals surface area contributed by atoms with Gasteiger partial charge in [0.05, 0.1) is 11.1 Å². The molecule has 0 aliphatic heterocycles. The predicted molar refractivity (Wildman–Crippen MR) is 78.0 cm³/mol. The Morgan fingerprint density at radius 3 is 1.91 bits per heavy atom. The Kier molecular flexibility index (Phi) is 5.23. The Hall–Kier alpha value is -2.45. The summed E-state index contributed by atoms with van der Waals surface area (Å²) in [6, 6.07) is 0.645. The Bertz CT molecular complexity index is 760. The molecule has 0 fully saturated rings. The summed E-state index contributed by atoms with van der Waals surface area (Å²) in [7, 11) is -4.91. The van der Waals surface area contributed by atoms with Gasteiger partial charge in [0.25, 0.3) is 10.1 Å². The Morgan fingerprint density at radius 1 is 1.05 bits per heavy atom. The molecule has 0 bridgehead atoms. The fraction of sp³-hybridized carbons (Fsp3) is 0.143. The molecule has 3 N–H and O–H groups in total. The van der Waals surface area contributed by atoms with Crippen molar-refractivity contribution in [3.05, 3.63) is 53.6 Å². The number of carbonyl (C=O) groups is 2. The molecule has 22 heavy (non-hydrogen) atoms. The van der Waals surface area contributed by atoms with Crippen molar-refractivity contribution in [1.82, 2.24) is 0 Å². The molecule has 0 saturated heterocycles. The van der Waals surface area contributed by atoms with Crippen LogP contribution < -0.4 is 0 Å². The lowest BCUT2D eigenvalue weighted by atomic mass is 9.91. The van der Waals surface area contributed by atoms with Crippen molar-refractivity contribution in [2.24, 2.45) is 0 Å². The van der Waals surface area contributed by atoms with Crippen LogP contribution in [0, 0.1) is 0 Å². The molecule has 0 heterocycles. The zero-order valence-electron chi connectivity index (χ0n) is 11.4. The van der Waals surface area contributed by atoms with Gasteiger partial charge in [-0.05, 0) is 30.0 Å². The smallest absolute Gasteiger partial charge is 0.337 e. The molecule has 0 radical (unpaired) electrons. The van der Waals surface area contributed by atoms with Crippen LogP contribution in [0.15, 0.2) is 36.3 Å². The molecule has 118 valence electrons. The number of carboxylic acid groups (broad SMARTS) is 2. The first-order valence-electron chi connectivity index (χ1n) is 5.99. The van der Waals surface area contributed by atoms with Gasteiger partial charge in [-0.25, -0.2) is 9.59 Å². The van der Waals surface area contributed by atoms with Gasteiger partial charge in [0.15, 0.2) is 0 Å². The van der Waals surface area contributed by atoms with Crippen molar-refractivity contribution in [2.75, 3.05) is 0 Å². The summed E-state index contributed by atoms with van der Waals surface area (Å²) in [6.45, 7) is 6.92. The number of carboxylic acids is 2. The quantitative estimate of drug-likeness (QED) is 0.514. The van der Waals surface area contributed by atoms with E-state index in [1.807, 2.05) is 0 Å². The van der Waals surface area contributed by atoms with Crippen LogP contribution in [0.25, 0.3) is 0 Å². The van der Waals surface area contributed by atoms with E-state index in [2.05, 4.69) is 13.2 Å². The Balaban J connectivity index is 4.05. The zero-order chi connectivity index (χ0) is 17.1. The Labute approximate surface area is 127 Å². The maximum absolute atomic E-state index is 11.4. The van der Waals surface area contributed by atoms with Crippen LogP contribution in [0.2, 0.25) is 0 Å². The van der Waals surface area contributed by atoms with E-state index in [-0.39, 0.29) is 24.0 Å². The molecule has 1 rings (SSSR count). The van der Waals surface area contributed by atoms with Gasteiger partial charge in [0.2, 0.25) is 0 Å². The first-order chi connectivity index (χ1) is 10.1. The maximum Gasteiger partial charge on any atom is 0.337 e. The fourth-order valence-electron chi connectivity index (χ4n) is 2.13. The molecule has 8 heteroatoms. The van der Waals surface area contributed by atoms with Crippen LogP contribution in [0.1, 0.15) is 31.8 Å². The summed E-state index contributed by atoms with van der Waals surface area (Å²) in [5.41, 5.74) is -0.985. The number of hydrogen-bond donors (Lipinski definition) is 3. The lowest BCUT2D eigenvalue weighted by Gasteiger charge is -2.16. The van der Waals surface area contributed by atoms with Crippen molar-refractivity contribution in [1.29, 1.82) is 0 Å². The van der Waals surface area contributed by atoms with E-state index in [1.54, 1.807) is 0 Å². The number of benzene rings is 1. The average Bonchev–Trinajstić information content (AvgIpc) is 2.38. The van der Waals surface area contributed by atoms with Crippen molar-refractivity contribution in [3.8, 4) is 0 Å². The highest BCUT2D eigenvalue weighted by Gasteiger charge is 2.29. The molecule has 7 nitrogen and oxygen atoms in total. The highest BCUT2D eigenvalue weighted by molar-refractivity contribution is 7.86. The SMILES string of the molecule is C=CCc1c(C(=O)O)cc(S(=O)(=O)O)c(C(=O)O)c1CC=C. The second kappa shape index (κ2) is 6.54. The van der Waals surface area contributed by atoms with Gasteiger partial charge < -0.3 is 10.2 Å². The van der Waals surface area contributed by atoms with Crippen LogP contribution >= 0.6 is 0 Å². The van der Waals surface area contributed by atoms with Gasteiger partial charge >= 0.3 is 11.9 Å². The highest BCUT2D eigenvalue weighted by Crippen LogP contribution is 2.29. The van der Waals surface area contributed by atoms with E-state index in [1.165, 1.54) is 12.2 Å². The molecule has 0 aliphatic rings. The molecular weight excluding hydrogens is 312 g/mol. The lowest BCUT2D eigenvalue weighted by Crippen LogP contribution is -2.17. The van der Waals surface area contributed by atoms with Gasteiger partial charge in [-0.1, -0.05) is 12.2 Å². The third-order valence-corrected chi connectivity index (χ3v) is 3.81. The maximum atomic E-state index is 11.4. The zero-order valence-corrected chi connectivity index (χ0v) is 12.3. The van der Waals surface area contributed by atoms with E-state index < -0.39 is 38.1 Å². The van der Waals surface area contributed by atoms with E-state index in [9.17, 15) is 32.8 Å². The van der Waals surface area contributed by atoms with E-state index in [0.717, 1.165) is 0 Å². The van der Waals surface area contributed by atoms with Crippen molar-refractivity contribution < 1.29 is 32.8 Å². The summed E-state index contributed by atoms with van der Waals surface area (Å²) in [5, 5.41) is 18.5. The number of rotatable bonds is 7. The largest absolute Gasteiger partial charge is 0.478 e. The van der Waals surface area contributed by atoms with Crippen LogP contribution in [-0.4, -0.2) is 35.1 Å². The summed E-state index contributed by atoms with van der Waals surface area (Å²) in [5.74, 6) is -3.03. The molecular formula is C14H14O7S. The molecule has 0 unspecified atom stereocenters.